The van der Waals surface area contributed by atoms with Crippen LogP contribution in [-0.2, 0) is 12.8 Å². The minimum atomic E-state index is 0.728. The number of nitrogens with zero attached hydrogens (tertiary/aromatic N) is 2. The summed E-state index contributed by atoms with van der Waals surface area (Å²) in [5, 5.41) is 3.12. The van der Waals surface area contributed by atoms with Crippen molar-refractivity contribution >= 4 is 0 Å². The number of rotatable bonds is 6. The minimum Gasteiger partial charge on any atom is -0.449 e. The molecule has 0 spiro atoms. The molecule has 1 fully saturated rings. The molecule has 96 valence electrons. The van der Waals surface area contributed by atoms with Gasteiger partial charge in [0.1, 0.15) is 6.26 Å². The maximum Gasteiger partial charge on any atom is 0.194 e. The van der Waals surface area contributed by atoms with Crippen molar-refractivity contribution < 1.29 is 4.42 Å². The number of nitrogens with one attached hydrogen (secondary N) is 1. The first kappa shape index (κ1) is 12.6. The molecular formula is C13H23N3O. The van der Waals surface area contributed by atoms with Crippen molar-refractivity contribution in [2.45, 2.75) is 26.2 Å². The summed E-state index contributed by atoms with van der Waals surface area (Å²) >= 11 is 0. The molecule has 0 aromatic carbocycles. The van der Waals surface area contributed by atoms with Crippen LogP contribution in [-0.4, -0.2) is 43.1 Å². The molecule has 17 heavy (non-hydrogen) atoms. The molecule has 4 nitrogen and oxygen atoms in total. The van der Waals surface area contributed by atoms with Crippen molar-refractivity contribution in [3.8, 4) is 0 Å². The Morgan fingerprint density at radius 1 is 1.59 bits per heavy atom. The Kier molecular flexibility index (Phi) is 4.57. The Bertz CT molecular complexity index is 337. The number of aromatic nitrogens is 1. The molecule has 1 saturated heterocycles. The third-order valence-electron chi connectivity index (χ3n) is 3.51. The predicted molar refractivity (Wildman–Crippen MR) is 68.1 cm³/mol. The van der Waals surface area contributed by atoms with Gasteiger partial charge in [-0.15, -0.1) is 0 Å². The fourth-order valence-corrected chi connectivity index (χ4v) is 2.42. The molecule has 0 aliphatic carbocycles. The second kappa shape index (κ2) is 6.17. The van der Waals surface area contributed by atoms with E-state index in [1.807, 2.05) is 7.05 Å². The second-order valence-corrected chi connectivity index (χ2v) is 4.84. The average Bonchev–Trinajstić information content (AvgIpc) is 2.96. The number of oxazole rings is 1. The van der Waals surface area contributed by atoms with E-state index in [1.54, 1.807) is 6.26 Å². The summed E-state index contributed by atoms with van der Waals surface area (Å²) in [5.74, 6) is 1.64. The number of hydrogen-bond donors (Lipinski definition) is 1. The van der Waals surface area contributed by atoms with E-state index in [2.05, 4.69) is 22.1 Å². The summed E-state index contributed by atoms with van der Waals surface area (Å²) in [7, 11) is 1.96. The lowest BCUT2D eigenvalue weighted by Gasteiger charge is -2.11. The Hall–Kier alpha value is -0.870. The summed E-state index contributed by atoms with van der Waals surface area (Å²) in [4.78, 5) is 7.03. The van der Waals surface area contributed by atoms with Crippen LogP contribution in [0, 0.1) is 5.92 Å². The molecule has 1 N–H and O–H groups in total. The van der Waals surface area contributed by atoms with E-state index in [0.717, 1.165) is 43.4 Å². The molecule has 1 aliphatic heterocycles. The Balaban J connectivity index is 1.80. The highest BCUT2D eigenvalue weighted by atomic mass is 16.3. The molecule has 0 bridgehead atoms. The highest BCUT2D eigenvalue weighted by molar-refractivity contribution is 4.98. The van der Waals surface area contributed by atoms with Gasteiger partial charge in [-0.3, -0.25) is 0 Å². The SMILES string of the molecule is CCN1CCC(Cc2nc(CCNC)co2)C1. The summed E-state index contributed by atoms with van der Waals surface area (Å²) in [6.07, 6.45) is 5.03. The van der Waals surface area contributed by atoms with E-state index in [-0.39, 0.29) is 0 Å². The monoisotopic (exact) mass is 237 g/mol. The number of likely N-dealkylation sites (N-methyl/N-ethyl adjacent to an activating group) is 1. The Morgan fingerprint density at radius 3 is 3.18 bits per heavy atom. The molecule has 1 aliphatic rings. The summed E-state index contributed by atoms with van der Waals surface area (Å²) in [6.45, 7) is 6.77. The van der Waals surface area contributed by atoms with E-state index < -0.39 is 0 Å². The van der Waals surface area contributed by atoms with Gasteiger partial charge in [-0.25, -0.2) is 4.98 Å². The van der Waals surface area contributed by atoms with E-state index in [9.17, 15) is 0 Å². The van der Waals surface area contributed by atoms with Crippen LogP contribution in [0.3, 0.4) is 0 Å². The Morgan fingerprint density at radius 2 is 2.47 bits per heavy atom. The maximum absolute atomic E-state index is 5.54. The fraction of sp³-hybridized carbons (Fsp3) is 0.769. The van der Waals surface area contributed by atoms with Gasteiger partial charge < -0.3 is 14.6 Å². The molecule has 0 saturated carbocycles. The van der Waals surface area contributed by atoms with Gasteiger partial charge in [-0.2, -0.15) is 0 Å². The molecule has 1 aromatic rings. The van der Waals surface area contributed by atoms with Gasteiger partial charge in [0.05, 0.1) is 5.69 Å². The normalized spacial score (nSPS) is 21.2. The van der Waals surface area contributed by atoms with Crippen molar-refractivity contribution in [3.05, 3.63) is 17.8 Å². The first-order chi connectivity index (χ1) is 8.31. The number of likely N-dealkylation sites (tertiary alicyclic amines) is 1. The zero-order valence-corrected chi connectivity index (χ0v) is 10.9. The van der Waals surface area contributed by atoms with Crippen LogP contribution in [0.5, 0.6) is 0 Å². The van der Waals surface area contributed by atoms with Gasteiger partial charge in [0, 0.05) is 25.9 Å². The average molecular weight is 237 g/mol. The molecule has 2 heterocycles. The van der Waals surface area contributed by atoms with Crippen LogP contribution in [0.15, 0.2) is 10.7 Å². The molecular weight excluding hydrogens is 214 g/mol. The van der Waals surface area contributed by atoms with Crippen LogP contribution < -0.4 is 5.32 Å². The van der Waals surface area contributed by atoms with Crippen molar-refractivity contribution in [1.29, 1.82) is 0 Å². The smallest absolute Gasteiger partial charge is 0.194 e. The Labute approximate surface area is 103 Å². The van der Waals surface area contributed by atoms with Crippen LogP contribution in [0.1, 0.15) is 24.9 Å². The molecule has 0 radical (unpaired) electrons. The van der Waals surface area contributed by atoms with Gasteiger partial charge in [0.15, 0.2) is 5.89 Å². The van der Waals surface area contributed by atoms with Gasteiger partial charge in [-0.1, -0.05) is 6.92 Å². The summed E-state index contributed by atoms with van der Waals surface area (Å²) in [6, 6.07) is 0. The quantitative estimate of drug-likeness (QED) is 0.810. The third kappa shape index (κ3) is 3.54. The lowest BCUT2D eigenvalue weighted by atomic mass is 10.1. The van der Waals surface area contributed by atoms with Crippen LogP contribution in [0.25, 0.3) is 0 Å². The summed E-state index contributed by atoms with van der Waals surface area (Å²) in [5.41, 5.74) is 1.07. The van der Waals surface area contributed by atoms with Crippen molar-refractivity contribution in [1.82, 2.24) is 15.2 Å². The van der Waals surface area contributed by atoms with E-state index >= 15 is 0 Å². The van der Waals surface area contributed by atoms with Crippen LogP contribution in [0.4, 0.5) is 0 Å². The molecule has 1 atom stereocenters. The lowest BCUT2D eigenvalue weighted by Crippen LogP contribution is -2.20. The number of hydrogen-bond acceptors (Lipinski definition) is 4. The van der Waals surface area contributed by atoms with Crippen molar-refractivity contribution in [2.75, 3.05) is 33.2 Å². The highest BCUT2D eigenvalue weighted by Gasteiger charge is 2.22. The molecule has 0 amide bonds. The zero-order chi connectivity index (χ0) is 12.1. The van der Waals surface area contributed by atoms with Crippen LogP contribution in [0.2, 0.25) is 0 Å². The first-order valence-electron chi connectivity index (χ1n) is 6.62. The van der Waals surface area contributed by atoms with E-state index in [0.29, 0.717) is 0 Å². The van der Waals surface area contributed by atoms with Crippen molar-refractivity contribution in [2.24, 2.45) is 5.92 Å². The maximum atomic E-state index is 5.54. The predicted octanol–water partition coefficient (Wildman–Crippen LogP) is 1.32. The topological polar surface area (TPSA) is 41.3 Å². The lowest BCUT2D eigenvalue weighted by molar-refractivity contribution is 0.335. The minimum absolute atomic E-state index is 0.728. The second-order valence-electron chi connectivity index (χ2n) is 4.84. The van der Waals surface area contributed by atoms with Gasteiger partial charge in [0.25, 0.3) is 0 Å². The molecule has 4 heteroatoms. The molecule has 1 unspecified atom stereocenters. The standard InChI is InChI=1S/C13H23N3O/c1-3-16-7-5-11(9-16)8-13-15-12(10-17-13)4-6-14-2/h10-11,14H,3-9H2,1-2H3. The first-order valence-corrected chi connectivity index (χ1v) is 6.62. The fourth-order valence-electron chi connectivity index (χ4n) is 2.42. The largest absolute Gasteiger partial charge is 0.449 e. The molecule has 2 rings (SSSR count). The van der Waals surface area contributed by atoms with Crippen LogP contribution >= 0.6 is 0 Å². The highest BCUT2D eigenvalue weighted by Crippen LogP contribution is 2.20. The van der Waals surface area contributed by atoms with Gasteiger partial charge >= 0.3 is 0 Å². The zero-order valence-electron chi connectivity index (χ0n) is 10.9. The van der Waals surface area contributed by atoms with Gasteiger partial charge in [-0.05, 0) is 32.5 Å². The van der Waals surface area contributed by atoms with Gasteiger partial charge in [0.2, 0.25) is 0 Å². The summed E-state index contributed by atoms with van der Waals surface area (Å²) < 4.78 is 5.54. The third-order valence-corrected chi connectivity index (χ3v) is 3.51. The molecule has 1 aromatic heterocycles. The van der Waals surface area contributed by atoms with E-state index in [1.165, 1.54) is 19.5 Å². The van der Waals surface area contributed by atoms with E-state index in [4.69, 9.17) is 4.42 Å². The van der Waals surface area contributed by atoms with Crippen molar-refractivity contribution in [3.63, 3.8) is 0 Å².